The lowest BCUT2D eigenvalue weighted by Crippen LogP contribution is -1.90. The molecule has 5 heteroatoms. The molecule has 0 fully saturated rings. The summed E-state index contributed by atoms with van der Waals surface area (Å²) >= 11 is 3.43. The number of nitrogen functional groups attached to an aromatic ring is 1. The number of anilines is 1. The highest BCUT2D eigenvalue weighted by atomic mass is 79.9. The Morgan fingerprint density at radius 2 is 2.00 bits per heavy atom. The molecule has 106 valence electrons. The molecule has 0 saturated heterocycles. The smallest absolute Gasteiger partial charge is 0.177 e. The van der Waals surface area contributed by atoms with Crippen molar-refractivity contribution < 1.29 is 8.91 Å². The molecule has 3 rings (SSSR count). The predicted octanol–water partition coefficient (Wildman–Crippen LogP) is 4.80. The number of benzene rings is 2. The van der Waals surface area contributed by atoms with Gasteiger partial charge in [-0.1, -0.05) is 39.3 Å². The van der Waals surface area contributed by atoms with Crippen LogP contribution in [-0.2, 0) is 0 Å². The van der Waals surface area contributed by atoms with E-state index in [1.165, 1.54) is 12.1 Å². The number of hydrogen-bond donors (Lipinski definition) is 1. The number of aryl methyl sites for hydroxylation is 1. The zero-order valence-electron chi connectivity index (χ0n) is 11.2. The van der Waals surface area contributed by atoms with Gasteiger partial charge >= 0.3 is 0 Å². The summed E-state index contributed by atoms with van der Waals surface area (Å²) in [6.07, 6.45) is 0. The minimum Gasteiger partial charge on any atom is -0.380 e. The second-order valence-corrected chi connectivity index (χ2v) is 5.66. The Balaban J connectivity index is 2.24. The molecule has 2 aromatic carbocycles. The molecule has 0 aliphatic rings. The monoisotopic (exact) mass is 346 g/mol. The van der Waals surface area contributed by atoms with Crippen LogP contribution in [0.4, 0.5) is 10.2 Å². The van der Waals surface area contributed by atoms with Gasteiger partial charge in [-0.05, 0) is 42.3 Å². The molecule has 21 heavy (non-hydrogen) atoms. The molecule has 0 amide bonds. The molecule has 0 aliphatic carbocycles. The lowest BCUT2D eigenvalue weighted by Gasteiger charge is -2.06. The molecular formula is C16H12BrFN2O. The number of hydrogen-bond acceptors (Lipinski definition) is 3. The number of halogens is 2. The highest BCUT2D eigenvalue weighted by Crippen LogP contribution is 2.38. The summed E-state index contributed by atoms with van der Waals surface area (Å²) in [4.78, 5) is 0. The Labute approximate surface area is 129 Å². The van der Waals surface area contributed by atoms with Crippen molar-refractivity contribution in [2.75, 3.05) is 5.73 Å². The van der Waals surface area contributed by atoms with E-state index in [-0.39, 0.29) is 11.6 Å². The topological polar surface area (TPSA) is 52.0 Å². The lowest BCUT2D eigenvalue weighted by atomic mass is 9.98. The van der Waals surface area contributed by atoms with E-state index in [1.807, 2.05) is 31.2 Å². The van der Waals surface area contributed by atoms with Gasteiger partial charge in [-0.25, -0.2) is 4.39 Å². The molecular weight excluding hydrogens is 335 g/mol. The van der Waals surface area contributed by atoms with Crippen molar-refractivity contribution >= 4 is 21.7 Å². The highest BCUT2D eigenvalue weighted by Gasteiger charge is 2.19. The van der Waals surface area contributed by atoms with Gasteiger partial charge in [0.25, 0.3) is 0 Å². The van der Waals surface area contributed by atoms with E-state index in [4.69, 9.17) is 10.3 Å². The molecule has 0 atom stereocenters. The van der Waals surface area contributed by atoms with Crippen molar-refractivity contribution in [1.82, 2.24) is 5.16 Å². The highest BCUT2D eigenvalue weighted by molar-refractivity contribution is 9.10. The summed E-state index contributed by atoms with van der Waals surface area (Å²) in [5.41, 5.74) is 9.01. The summed E-state index contributed by atoms with van der Waals surface area (Å²) in [6, 6.07) is 12.2. The van der Waals surface area contributed by atoms with Crippen molar-refractivity contribution in [3.05, 3.63) is 58.3 Å². The van der Waals surface area contributed by atoms with Crippen LogP contribution in [0.1, 0.15) is 5.56 Å². The van der Waals surface area contributed by atoms with Crippen LogP contribution in [0.2, 0.25) is 0 Å². The van der Waals surface area contributed by atoms with Gasteiger partial charge in [0.2, 0.25) is 0 Å². The van der Waals surface area contributed by atoms with E-state index in [0.717, 1.165) is 15.6 Å². The molecule has 0 spiro atoms. The Morgan fingerprint density at radius 1 is 1.19 bits per heavy atom. The molecule has 1 heterocycles. The quantitative estimate of drug-likeness (QED) is 0.724. The summed E-state index contributed by atoms with van der Waals surface area (Å²) in [7, 11) is 0. The lowest BCUT2D eigenvalue weighted by molar-refractivity contribution is 0.435. The maximum absolute atomic E-state index is 13.5. The Bertz CT molecular complexity index is 814. The minimum atomic E-state index is -0.328. The van der Waals surface area contributed by atoms with Crippen LogP contribution in [0.15, 0.2) is 51.5 Å². The van der Waals surface area contributed by atoms with Crippen LogP contribution in [0.25, 0.3) is 22.5 Å². The molecule has 0 unspecified atom stereocenters. The first kappa shape index (κ1) is 13.8. The molecule has 3 aromatic rings. The molecule has 1 aromatic heterocycles. The van der Waals surface area contributed by atoms with E-state index in [9.17, 15) is 4.39 Å². The van der Waals surface area contributed by atoms with Crippen LogP contribution < -0.4 is 5.73 Å². The van der Waals surface area contributed by atoms with Gasteiger partial charge in [0.05, 0.1) is 5.56 Å². The van der Waals surface area contributed by atoms with E-state index >= 15 is 0 Å². The largest absolute Gasteiger partial charge is 0.380 e. The maximum atomic E-state index is 13.5. The van der Waals surface area contributed by atoms with Crippen molar-refractivity contribution in [1.29, 1.82) is 0 Å². The zero-order valence-corrected chi connectivity index (χ0v) is 12.8. The standard InChI is InChI=1S/C16H12BrFN2O/c1-9-5-6-12(18)8-13(9)15-14(16(19)20-21-15)10-3-2-4-11(17)7-10/h2-8H,1H3,(H2,19,20). The summed E-state index contributed by atoms with van der Waals surface area (Å²) in [5.74, 6) is 0.431. The molecule has 2 N–H and O–H groups in total. The zero-order chi connectivity index (χ0) is 15.0. The van der Waals surface area contributed by atoms with Crippen molar-refractivity contribution in [3.8, 4) is 22.5 Å². The minimum absolute atomic E-state index is 0.284. The van der Waals surface area contributed by atoms with Crippen LogP contribution in [0, 0.1) is 12.7 Å². The predicted molar refractivity (Wildman–Crippen MR) is 84.2 cm³/mol. The van der Waals surface area contributed by atoms with Crippen LogP contribution in [0.3, 0.4) is 0 Å². The van der Waals surface area contributed by atoms with E-state index in [2.05, 4.69) is 21.1 Å². The van der Waals surface area contributed by atoms with Gasteiger partial charge < -0.3 is 10.3 Å². The third kappa shape index (κ3) is 2.56. The average Bonchev–Trinajstić information content (AvgIpc) is 2.83. The second-order valence-electron chi connectivity index (χ2n) is 4.74. The number of nitrogens with zero attached hydrogens (tertiary/aromatic N) is 1. The van der Waals surface area contributed by atoms with Crippen LogP contribution in [0.5, 0.6) is 0 Å². The van der Waals surface area contributed by atoms with Gasteiger partial charge in [0.15, 0.2) is 11.6 Å². The number of rotatable bonds is 2. The van der Waals surface area contributed by atoms with Gasteiger partial charge in [-0.15, -0.1) is 0 Å². The maximum Gasteiger partial charge on any atom is 0.177 e. The molecule has 3 nitrogen and oxygen atoms in total. The van der Waals surface area contributed by atoms with Gasteiger partial charge in [0.1, 0.15) is 5.82 Å². The molecule has 0 saturated carbocycles. The van der Waals surface area contributed by atoms with Gasteiger partial charge in [-0.3, -0.25) is 0 Å². The third-order valence-electron chi connectivity index (χ3n) is 3.28. The molecule has 0 aliphatic heterocycles. The fraction of sp³-hybridized carbons (Fsp3) is 0.0625. The molecule has 0 bridgehead atoms. The van der Waals surface area contributed by atoms with E-state index < -0.39 is 0 Å². The Kier molecular flexibility index (Phi) is 3.51. The van der Waals surface area contributed by atoms with Gasteiger partial charge in [0, 0.05) is 10.0 Å². The van der Waals surface area contributed by atoms with Crippen LogP contribution in [-0.4, -0.2) is 5.16 Å². The Hall–Kier alpha value is -2.14. The SMILES string of the molecule is Cc1ccc(F)cc1-c1onc(N)c1-c1cccc(Br)c1. The van der Waals surface area contributed by atoms with Crippen molar-refractivity contribution in [2.24, 2.45) is 0 Å². The Morgan fingerprint density at radius 3 is 2.76 bits per heavy atom. The first-order valence-corrected chi connectivity index (χ1v) is 7.13. The van der Waals surface area contributed by atoms with Crippen molar-refractivity contribution in [2.45, 2.75) is 6.92 Å². The number of aromatic nitrogens is 1. The first-order valence-electron chi connectivity index (χ1n) is 6.34. The molecule has 0 radical (unpaired) electrons. The summed E-state index contributed by atoms with van der Waals surface area (Å²) in [5, 5.41) is 3.83. The van der Waals surface area contributed by atoms with Crippen LogP contribution >= 0.6 is 15.9 Å². The fourth-order valence-corrected chi connectivity index (χ4v) is 2.65. The average molecular weight is 347 g/mol. The van der Waals surface area contributed by atoms with Crippen molar-refractivity contribution in [3.63, 3.8) is 0 Å². The number of nitrogens with two attached hydrogens (primary N) is 1. The third-order valence-corrected chi connectivity index (χ3v) is 3.77. The normalized spacial score (nSPS) is 10.8. The first-order chi connectivity index (χ1) is 10.1. The second kappa shape index (κ2) is 5.33. The fourth-order valence-electron chi connectivity index (χ4n) is 2.25. The van der Waals surface area contributed by atoms with Gasteiger partial charge in [-0.2, -0.15) is 0 Å². The summed E-state index contributed by atoms with van der Waals surface area (Å²) in [6.45, 7) is 1.89. The summed E-state index contributed by atoms with van der Waals surface area (Å²) < 4.78 is 19.8. The van der Waals surface area contributed by atoms with E-state index in [1.54, 1.807) is 6.07 Å². The van der Waals surface area contributed by atoms with E-state index in [0.29, 0.717) is 16.9 Å².